The average Bonchev–Trinajstić information content (AvgIpc) is 2.62. The number of hydrogen-bond acceptors (Lipinski definition) is 3. The molecule has 2 aromatic carbocycles. The molecule has 132 valence electrons. The van der Waals surface area contributed by atoms with Crippen LogP contribution in [0.15, 0.2) is 53.4 Å². The number of amides is 1. The number of nitrogens with one attached hydrogen (secondary N) is 2. The van der Waals surface area contributed by atoms with Crippen molar-refractivity contribution in [2.75, 3.05) is 49.2 Å². The topological polar surface area (TPSA) is 36.8 Å². The van der Waals surface area contributed by atoms with Gasteiger partial charge in [0.25, 0.3) is 0 Å². The van der Waals surface area contributed by atoms with Crippen LogP contribution in [0.5, 0.6) is 0 Å². The zero-order valence-electron chi connectivity index (χ0n) is 14.3. The first-order valence-electron chi connectivity index (χ1n) is 8.45. The molecule has 0 radical (unpaired) electrons. The number of rotatable bonds is 5. The Bertz CT molecular complexity index is 718. The second-order valence-corrected chi connectivity index (χ2v) is 7.31. The summed E-state index contributed by atoms with van der Waals surface area (Å²) in [6.45, 7) is 3.72. The minimum absolute atomic E-state index is 0.135. The van der Waals surface area contributed by atoms with Gasteiger partial charge in [0.2, 0.25) is 5.91 Å². The van der Waals surface area contributed by atoms with Crippen LogP contribution < -0.4 is 15.1 Å². The molecule has 1 heterocycles. The van der Waals surface area contributed by atoms with Gasteiger partial charge in [0.1, 0.15) is 5.82 Å². The second kappa shape index (κ2) is 8.36. The maximum absolute atomic E-state index is 14.4. The van der Waals surface area contributed by atoms with E-state index in [1.54, 1.807) is 12.1 Å². The van der Waals surface area contributed by atoms with Crippen molar-refractivity contribution < 1.29 is 14.1 Å². The van der Waals surface area contributed by atoms with E-state index < -0.39 is 0 Å². The van der Waals surface area contributed by atoms with Crippen LogP contribution in [0.3, 0.4) is 0 Å². The van der Waals surface area contributed by atoms with Gasteiger partial charge >= 0.3 is 0 Å². The zero-order chi connectivity index (χ0) is 17.6. The van der Waals surface area contributed by atoms with Crippen LogP contribution in [0.1, 0.15) is 0 Å². The van der Waals surface area contributed by atoms with E-state index >= 15 is 0 Å². The molecular weight excluding hydrogens is 337 g/mol. The number of thioether (sulfide) groups is 1. The standard InChI is InChI=1S/C19H22FN3OS/c1-22-9-11-23(12-10-22)18-8-7-15(13-17(18)20)21-19(24)14-25-16-5-3-2-4-6-16/h2-8,13H,9-12,14H2,1H3,(H,21,24)/p+1. The summed E-state index contributed by atoms with van der Waals surface area (Å²) in [6, 6.07) is 14.7. The molecule has 1 fully saturated rings. The van der Waals surface area contributed by atoms with Crippen LogP contribution in [0, 0.1) is 5.82 Å². The number of hydrogen-bond donors (Lipinski definition) is 2. The third kappa shape index (κ3) is 4.96. The Hall–Kier alpha value is -2.05. The van der Waals surface area contributed by atoms with Crippen molar-refractivity contribution in [3.05, 3.63) is 54.3 Å². The van der Waals surface area contributed by atoms with Crippen LogP contribution in [0.25, 0.3) is 0 Å². The summed E-state index contributed by atoms with van der Waals surface area (Å²) in [5.74, 6) is -0.119. The Morgan fingerprint density at radius 2 is 1.92 bits per heavy atom. The SMILES string of the molecule is C[NH+]1CCN(c2ccc(NC(=O)CSc3ccccc3)cc2F)CC1. The van der Waals surface area contributed by atoms with E-state index in [4.69, 9.17) is 0 Å². The van der Waals surface area contributed by atoms with Crippen LogP contribution in [-0.4, -0.2) is 44.9 Å². The maximum Gasteiger partial charge on any atom is 0.234 e. The van der Waals surface area contributed by atoms with Gasteiger partial charge in [-0.05, 0) is 30.3 Å². The van der Waals surface area contributed by atoms with Gasteiger partial charge in [-0.15, -0.1) is 11.8 Å². The Labute approximate surface area is 152 Å². The van der Waals surface area contributed by atoms with E-state index in [2.05, 4.69) is 17.3 Å². The van der Waals surface area contributed by atoms with Crippen molar-refractivity contribution in [1.29, 1.82) is 0 Å². The van der Waals surface area contributed by atoms with Gasteiger partial charge in [-0.2, -0.15) is 0 Å². The lowest BCUT2D eigenvalue weighted by Crippen LogP contribution is -3.12. The van der Waals surface area contributed by atoms with Gasteiger partial charge in [0.15, 0.2) is 0 Å². The number of benzene rings is 2. The van der Waals surface area contributed by atoms with Crippen molar-refractivity contribution in [1.82, 2.24) is 0 Å². The van der Waals surface area contributed by atoms with Gasteiger partial charge in [0, 0.05) is 10.6 Å². The first-order chi connectivity index (χ1) is 12.1. The highest BCUT2D eigenvalue weighted by Gasteiger charge is 2.19. The number of carbonyl (C=O) groups is 1. The summed E-state index contributed by atoms with van der Waals surface area (Å²) in [5.41, 5.74) is 1.11. The summed E-state index contributed by atoms with van der Waals surface area (Å²) in [5, 5.41) is 2.77. The fraction of sp³-hybridized carbons (Fsp3) is 0.316. The summed E-state index contributed by atoms with van der Waals surface area (Å²) in [4.78, 5) is 16.6. The average molecular weight is 360 g/mol. The molecule has 25 heavy (non-hydrogen) atoms. The largest absolute Gasteiger partial charge is 0.358 e. The fourth-order valence-corrected chi connectivity index (χ4v) is 3.55. The van der Waals surface area contributed by atoms with E-state index in [9.17, 15) is 9.18 Å². The number of halogens is 1. The summed E-state index contributed by atoms with van der Waals surface area (Å²) in [7, 11) is 2.15. The van der Waals surface area contributed by atoms with Crippen LogP contribution in [0.2, 0.25) is 0 Å². The summed E-state index contributed by atoms with van der Waals surface area (Å²) >= 11 is 1.46. The lowest BCUT2D eigenvalue weighted by Gasteiger charge is -2.32. The molecule has 0 spiro atoms. The third-order valence-corrected chi connectivity index (χ3v) is 5.31. The summed E-state index contributed by atoms with van der Waals surface area (Å²) < 4.78 is 14.4. The molecule has 0 saturated carbocycles. The second-order valence-electron chi connectivity index (χ2n) is 6.26. The molecule has 4 nitrogen and oxygen atoms in total. The number of quaternary nitrogens is 1. The van der Waals surface area contributed by atoms with Crippen molar-refractivity contribution >= 4 is 29.0 Å². The van der Waals surface area contributed by atoms with Crippen molar-refractivity contribution in [3.8, 4) is 0 Å². The normalized spacial score (nSPS) is 15.2. The highest BCUT2D eigenvalue weighted by atomic mass is 32.2. The van der Waals surface area contributed by atoms with Crippen molar-refractivity contribution in [2.45, 2.75) is 4.90 Å². The molecule has 0 aliphatic carbocycles. The minimum atomic E-state index is -0.284. The van der Waals surface area contributed by atoms with Gasteiger partial charge in [-0.3, -0.25) is 4.79 Å². The first-order valence-corrected chi connectivity index (χ1v) is 9.44. The molecular formula is C19H23FN3OS+. The van der Waals surface area contributed by atoms with E-state index in [-0.39, 0.29) is 11.7 Å². The van der Waals surface area contributed by atoms with Crippen molar-refractivity contribution in [3.63, 3.8) is 0 Å². The quantitative estimate of drug-likeness (QED) is 0.800. The zero-order valence-corrected chi connectivity index (χ0v) is 15.1. The van der Waals surface area contributed by atoms with Gasteiger partial charge in [0.05, 0.1) is 44.7 Å². The number of anilines is 2. The Kier molecular flexibility index (Phi) is 5.94. The number of likely N-dealkylation sites (N-methyl/N-ethyl adjacent to an activating group) is 1. The van der Waals surface area contributed by atoms with Gasteiger partial charge in [-0.1, -0.05) is 18.2 Å². The Morgan fingerprint density at radius 1 is 1.20 bits per heavy atom. The molecule has 1 aliphatic rings. The third-order valence-electron chi connectivity index (χ3n) is 4.30. The monoisotopic (exact) mass is 360 g/mol. The highest BCUT2D eigenvalue weighted by Crippen LogP contribution is 2.23. The molecule has 6 heteroatoms. The van der Waals surface area contributed by atoms with E-state index in [0.29, 0.717) is 17.1 Å². The number of piperazine rings is 1. The smallest absolute Gasteiger partial charge is 0.234 e. The Balaban J connectivity index is 1.56. The molecule has 0 aromatic heterocycles. The highest BCUT2D eigenvalue weighted by molar-refractivity contribution is 8.00. The van der Waals surface area contributed by atoms with Crippen molar-refractivity contribution in [2.24, 2.45) is 0 Å². The van der Waals surface area contributed by atoms with E-state index in [1.165, 1.54) is 22.7 Å². The molecule has 1 saturated heterocycles. The minimum Gasteiger partial charge on any atom is -0.358 e. The van der Waals surface area contributed by atoms with Crippen LogP contribution >= 0.6 is 11.8 Å². The van der Waals surface area contributed by atoms with E-state index in [0.717, 1.165) is 31.1 Å². The molecule has 2 N–H and O–H groups in total. The summed E-state index contributed by atoms with van der Waals surface area (Å²) in [6.07, 6.45) is 0. The van der Waals surface area contributed by atoms with Gasteiger partial charge < -0.3 is 15.1 Å². The lowest BCUT2D eigenvalue weighted by molar-refractivity contribution is -0.880. The fourth-order valence-electron chi connectivity index (χ4n) is 2.83. The van der Waals surface area contributed by atoms with Gasteiger partial charge in [-0.25, -0.2) is 4.39 Å². The number of carbonyl (C=O) groups excluding carboxylic acids is 1. The maximum atomic E-state index is 14.4. The predicted octanol–water partition coefficient (Wildman–Crippen LogP) is 1.89. The molecule has 1 amide bonds. The number of nitrogens with zero attached hydrogens (tertiary/aromatic N) is 1. The molecule has 1 aliphatic heterocycles. The molecule has 0 unspecified atom stereocenters. The predicted molar refractivity (Wildman–Crippen MR) is 101 cm³/mol. The first kappa shape index (κ1) is 17.8. The molecule has 0 atom stereocenters. The Morgan fingerprint density at radius 3 is 2.60 bits per heavy atom. The molecule has 3 rings (SSSR count). The van der Waals surface area contributed by atoms with E-state index in [1.807, 2.05) is 30.3 Å². The molecule has 0 bridgehead atoms. The molecule has 2 aromatic rings. The van der Waals surface area contributed by atoms with Crippen LogP contribution in [0.4, 0.5) is 15.8 Å². The lowest BCUT2D eigenvalue weighted by atomic mass is 10.2. The van der Waals surface area contributed by atoms with Crippen LogP contribution in [-0.2, 0) is 4.79 Å².